The predicted molar refractivity (Wildman–Crippen MR) is 100 cm³/mol. The quantitative estimate of drug-likeness (QED) is 0.724. The smallest absolute Gasteiger partial charge is 0.221 e. The lowest BCUT2D eigenvalue weighted by Gasteiger charge is -2.15. The second-order valence-electron chi connectivity index (χ2n) is 5.67. The number of rotatable bonds is 6. The molecule has 0 heterocycles. The average Bonchev–Trinajstić information content (AvgIpc) is 2.49. The molecule has 0 saturated carbocycles. The molecule has 0 fully saturated rings. The Balaban J connectivity index is 2.02. The number of hydrogen-bond acceptors (Lipinski definition) is 3. The Hall–Kier alpha value is -1.91. The van der Waals surface area contributed by atoms with Crippen LogP contribution < -0.4 is 15.4 Å². The number of benzene rings is 2. The molecule has 2 rings (SSSR count). The molecular weight excluding hydrogens is 347 g/mol. The first kappa shape index (κ1) is 18.4. The van der Waals surface area contributed by atoms with E-state index in [-0.39, 0.29) is 12.0 Å². The lowest BCUT2D eigenvalue weighted by atomic mass is 10.2. The van der Waals surface area contributed by atoms with Gasteiger partial charge in [-0.3, -0.25) is 4.79 Å². The summed E-state index contributed by atoms with van der Waals surface area (Å²) in [4.78, 5) is 11.0. The van der Waals surface area contributed by atoms with Gasteiger partial charge in [0.15, 0.2) is 5.75 Å². The van der Waals surface area contributed by atoms with Crippen molar-refractivity contribution in [2.24, 2.45) is 0 Å². The SMILES string of the molecule is CC(=O)Nc1ccc(NCc2cc(Cl)c(OC(C)C)c(Cl)c2)cc1. The minimum absolute atomic E-state index is 0.00565. The summed E-state index contributed by atoms with van der Waals surface area (Å²) >= 11 is 12.5. The van der Waals surface area contributed by atoms with E-state index in [1.807, 2.05) is 50.2 Å². The van der Waals surface area contributed by atoms with E-state index >= 15 is 0 Å². The van der Waals surface area contributed by atoms with E-state index < -0.39 is 0 Å². The van der Waals surface area contributed by atoms with E-state index in [0.29, 0.717) is 22.3 Å². The first-order valence-electron chi connectivity index (χ1n) is 7.61. The van der Waals surface area contributed by atoms with Crippen molar-refractivity contribution in [2.45, 2.75) is 33.4 Å². The highest BCUT2D eigenvalue weighted by molar-refractivity contribution is 6.37. The highest BCUT2D eigenvalue weighted by Gasteiger charge is 2.11. The molecular formula is C18H20Cl2N2O2. The van der Waals surface area contributed by atoms with Gasteiger partial charge in [-0.1, -0.05) is 23.2 Å². The number of anilines is 2. The van der Waals surface area contributed by atoms with E-state index in [2.05, 4.69) is 10.6 Å². The molecule has 0 atom stereocenters. The first-order chi connectivity index (χ1) is 11.3. The van der Waals surface area contributed by atoms with Crippen molar-refractivity contribution in [1.82, 2.24) is 0 Å². The number of ether oxygens (including phenoxy) is 1. The predicted octanol–water partition coefficient (Wildman–Crippen LogP) is 5.35. The van der Waals surface area contributed by atoms with E-state index in [1.54, 1.807) is 0 Å². The lowest BCUT2D eigenvalue weighted by Crippen LogP contribution is -2.07. The van der Waals surface area contributed by atoms with Gasteiger partial charge in [0.05, 0.1) is 16.1 Å². The summed E-state index contributed by atoms with van der Waals surface area (Å²) in [5, 5.41) is 7.00. The number of hydrogen-bond donors (Lipinski definition) is 2. The average molecular weight is 367 g/mol. The Bertz CT molecular complexity index is 692. The first-order valence-corrected chi connectivity index (χ1v) is 8.37. The molecule has 0 saturated heterocycles. The fourth-order valence-electron chi connectivity index (χ4n) is 2.14. The van der Waals surface area contributed by atoms with Crippen LogP contribution in [0.3, 0.4) is 0 Å². The molecule has 0 bridgehead atoms. The third-order valence-electron chi connectivity index (χ3n) is 3.11. The van der Waals surface area contributed by atoms with E-state index in [4.69, 9.17) is 27.9 Å². The Kier molecular flexibility index (Phi) is 6.35. The molecule has 2 aromatic rings. The second kappa shape index (κ2) is 8.27. The molecule has 24 heavy (non-hydrogen) atoms. The Morgan fingerprint density at radius 1 is 1.08 bits per heavy atom. The maximum Gasteiger partial charge on any atom is 0.221 e. The van der Waals surface area contributed by atoms with Gasteiger partial charge in [-0.25, -0.2) is 0 Å². The monoisotopic (exact) mass is 366 g/mol. The van der Waals surface area contributed by atoms with E-state index in [9.17, 15) is 4.79 Å². The Morgan fingerprint density at radius 2 is 1.62 bits per heavy atom. The molecule has 0 aliphatic heterocycles. The fraction of sp³-hybridized carbons (Fsp3) is 0.278. The number of nitrogens with one attached hydrogen (secondary N) is 2. The van der Waals surface area contributed by atoms with Crippen LogP contribution in [0.25, 0.3) is 0 Å². The van der Waals surface area contributed by atoms with Crippen molar-refractivity contribution in [2.75, 3.05) is 10.6 Å². The molecule has 0 unspecified atom stereocenters. The van der Waals surface area contributed by atoms with Gasteiger partial charge in [0, 0.05) is 24.8 Å². The van der Waals surface area contributed by atoms with Gasteiger partial charge in [0.25, 0.3) is 0 Å². The number of carbonyl (C=O) groups is 1. The van der Waals surface area contributed by atoms with E-state index in [1.165, 1.54) is 6.92 Å². The molecule has 0 aromatic heterocycles. The summed E-state index contributed by atoms with van der Waals surface area (Å²) in [6, 6.07) is 11.1. The number of carbonyl (C=O) groups excluding carboxylic acids is 1. The molecule has 4 nitrogen and oxygen atoms in total. The third-order valence-corrected chi connectivity index (χ3v) is 3.68. The van der Waals surface area contributed by atoms with Crippen LogP contribution in [-0.2, 0) is 11.3 Å². The minimum atomic E-state index is -0.0938. The number of halogens is 2. The zero-order valence-electron chi connectivity index (χ0n) is 13.8. The largest absolute Gasteiger partial charge is 0.488 e. The molecule has 2 aromatic carbocycles. The zero-order valence-corrected chi connectivity index (χ0v) is 15.3. The third kappa shape index (κ3) is 5.32. The van der Waals surface area contributed by atoms with Gasteiger partial charge in [0.2, 0.25) is 5.91 Å². The molecule has 0 radical (unpaired) electrons. The lowest BCUT2D eigenvalue weighted by molar-refractivity contribution is -0.114. The molecule has 6 heteroatoms. The molecule has 128 valence electrons. The summed E-state index contributed by atoms with van der Waals surface area (Å²) in [5.74, 6) is 0.417. The van der Waals surface area contributed by atoms with Crippen LogP contribution in [0.2, 0.25) is 10.0 Å². The Morgan fingerprint density at radius 3 is 2.12 bits per heavy atom. The maximum atomic E-state index is 11.0. The van der Waals surface area contributed by atoms with Gasteiger partial charge < -0.3 is 15.4 Å². The van der Waals surface area contributed by atoms with Gasteiger partial charge in [0.1, 0.15) is 0 Å². The summed E-state index contributed by atoms with van der Waals surface area (Å²) in [6.45, 7) is 5.90. The van der Waals surface area contributed by atoms with Crippen LogP contribution in [0.1, 0.15) is 26.3 Å². The standard InChI is InChI=1S/C18H20Cl2N2O2/c1-11(2)24-18-16(19)8-13(9-17(18)20)10-21-14-4-6-15(7-5-14)22-12(3)23/h4-9,11,21H,10H2,1-3H3,(H,22,23). The zero-order chi connectivity index (χ0) is 17.7. The number of amides is 1. The van der Waals surface area contributed by atoms with Crippen LogP contribution in [0.4, 0.5) is 11.4 Å². The van der Waals surface area contributed by atoms with Crippen LogP contribution in [0, 0.1) is 0 Å². The van der Waals surface area contributed by atoms with Crippen LogP contribution >= 0.6 is 23.2 Å². The second-order valence-corrected chi connectivity index (χ2v) is 6.48. The maximum absolute atomic E-state index is 11.0. The molecule has 2 N–H and O–H groups in total. The van der Waals surface area contributed by atoms with Crippen LogP contribution in [0.15, 0.2) is 36.4 Å². The van der Waals surface area contributed by atoms with Gasteiger partial charge >= 0.3 is 0 Å². The van der Waals surface area contributed by atoms with Crippen molar-refractivity contribution in [3.05, 3.63) is 52.0 Å². The highest BCUT2D eigenvalue weighted by Crippen LogP contribution is 2.35. The minimum Gasteiger partial charge on any atom is -0.488 e. The van der Waals surface area contributed by atoms with Gasteiger partial charge in [-0.2, -0.15) is 0 Å². The topological polar surface area (TPSA) is 50.4 Å². The summed E-state index contributed by atoms with van der Waals surface area (Å²) in [7, 11) is 0. The normalized spacial score (nSPS) is 10.6. The van der Waals surface area contributed by atoms with Gasteiger partial charge in [-0.05, 0) is 55.8 Å². The molecule has 0 spiro atoms. The highest BCUT2D eigenvalue weighted by atomic mass is 35.5. The summed E-state index contributed by atoms with van der Waals surface area (Å²) in [5.41, 5.74) is 2.64. The van der Waals surface area contributed by atoms with Gasteiger partial charge in [-0.15, -0.1) is 0 Å². The van der Waals surface area contributed by atoms with Crippen LogP contribution in [0.5, 0.6) is 5.75 Å². The van der Waals surface area contributed by atoms with Crippen molar-refractivity contribution in [3.63, 3.8) is 0 Å². The summed E-state index contributed by atoms with van der Waals surface area (Å²) in [6.07, 6.45) is 0.00565. The van der Waals surface area contributed by atoms with Crippen molar-refractivity contribution in [1.29, 1.82) is 0 Å². The Labute approximate surface area is 152 Å². The van der Waals surface area contributed by atoms with Crippen LogP contribution in [-0.4, -0.2) is 12.0 Å². The summed E-state index contributed by atoms with van der Waals surface area (Å²) < 4.78 is 5.62. The van der Waals surface area contributed by atoms with E-state index in [0.717, 1.165) is 16.9 Å². The van der Waals surface area contributed by atoms with Crippen molar-refractivity contribution < 1.29 is 9.53 Å². The molecule has 1 amide bonds. The van der Waals surface area contributed by atoms with Crippen molar-refractivity contribution >= 4 is 40.5 Å². The van der Waals surface area contributed by atoms with Crippen molar-refractivity contribution in [3.8, 4) is 5.75 Å². The fourth-order valence-corrected chi connectivity index (χ4v) is 2.76. The molecule has 0 aliphatic carbocycles. The molecule has 0 aliphatic rings.